The first kappa shape index (κ1) is 17.9. The summed E-state index contributed by atoms with van der Waals surface area (Å²) >= 11 is 1.43. The highest BCUT2D eigenvalue weighted by Gasteiger charge is 2.24. The Kier molecular flexibility index (Phi) is 5.73. The molecule has 1 amide bonds. The molecule has 2 aromatic rings. The summed E-state index contributed by atoms with van der Waals surface area (Å²) in [6.07, 6.45) is 4.64. The van der Waals surface area contributed by atoms with Gasteiger partial charge in [-0.1, -0.05) is 30.7 Å². The van der Waals surface area contributed by atoms with Crippen LogP contribution in [0.5, 0.6) is 0 Å². The highest BCUT2D eigenvalue weighted by molar-refractivity contribution is 8.00. The van der Waals surface area contributed by atoms with E-state index in [4.69, 9.17) is 0 Å². The smallest absolute Gasteiger partial charge is 0.235 e. The van der Waals surface area contributed by atoms with Gasteiger partial charge < -0.3 is 4.90 Å². The fraction of sp³-hybridized carbons (Fsp3) is 0.556. The van der Waals surface area contributed by atoms with Crippen molar-refractivity contribution < 1.29 is 4.79 Å². The molecule has 6 nitrogen and oxygen atoms in total. The van der Waals surface area contributed by atoms with E-state index in [1.807, 2.05) is 17.9 Å². The van der Waals surface area contributed by atoms with Gasteiger partial charge >= 0.3 is 0 Å². The van der Waals surface area contributed by atoms with Crippen molar-refractivity contribution in [3.63, 3.8) is 0 Å². The van der Waals surface area contributed by atoms with Crippen molar-refractivity contribution in [2.24, 2.45) is 0 Å². The number of nitrogens with zero attached hydrogens (tertiary/aromatic N) is 5. The lowest BCUT2D eigenvalue weighted by Gasteiger charge is -2.23. The van der Waals surface area contributed by atoms with E-state index in [-0.39, 0.29) is 11.2 Å². The molecule has 2 heterocycles. The van der Waals surface area contributed by atoms with Crippen molar-refractivity contribution in [1.82, 2.24) is 25.1 Å². The van der Waals surface area contributed by atoms with Gasteiger partial charge in [-0.25, -0.2) is 0 Å². The first-order valence-corrected chi connectivity index (χ1v) is 9.75. The molecule has 0 aliphatic carbocycles. The highest BCUT2D eigenvalue weighted by atomic mass is 32.2. The largest absolute Gasteiger partial charge is 0.342 e. The molecule has 7 heteroatoms. The van der Waals surface area contributed by atoms with Crippen LogP contribution in [-0.4, -0.2) is 49.4 Å². The van der Waals surface area contributed by atoms with E-state index in [1.165, 1.54) is 35.7 Å². The zero-order chi connectivity index (χ0) is 17.8. The van der Waals surface area contributed by atoms with Crippen LogP contribution in [0, 0.1) is 13.8 Å². The summed E-state index contributed by atoms with van der Waals surface area (Å²) in [5.41, 5.74) is 3.35. The minimum Gasteiger partial charge on any atom is -0.342 e. The van der Waals surface area contributed by atoms with E-state index in [2.05, 4.69) is 41.5 Å². The molecule has 0 N–H and O–H groups in total. The Morgan fingerprint density at radius 1 is 1.12 bits per heavy atom. The Bertz CT molecular complexity index is 737. The Morgan fingerprint density at radius 3 is 2.52 bits per heavy atom. The number of amides is 1. The van der Waals surface area contributed by atoms with Gasteiger partial charge in [0.05, 0.1) is 10.9 Å². The van der Waals surface area contributed by atoms with E-state index in [0.29, 0.717) is 5.16 Å². The summed E-state index contributed by atoms with van der Waals surface area (Å²) in [5.74, 6) is 0.182. The van der Waals surface area contributed by atoms with Gasteiger partial charge in [0, 0.05) is 13.1 Å². The van der Waals surface area contributed by atoms with Gasteiger partial charge in [-0.15, -0.1) is 5.10 Å². The molecule has 1 aromatic carbocycles. The zero-order valence-corrected chi connectivity index (χ0v) is 15.9. The Balaban J connectivity index is 1.73. The molecular formula is C18H25N5OS. The molecule has 1 aliphatic heterocycles. The average molecular weight is 359 g/mol. The van der Waals surface area contributed by atoms with Gasteiger partial charge in [-0.3, -0.25) is 4.79 Å². The number of thioether (sulfide) groups is 1. The van der Waals surface area contributed by atoms with Crippen LogP contribution < -0.4 is 0 Å². The van der Waals surface area contributed by atoms with Crippen molar-refractivity contribution in [1.29, 1.82) is 0 Å². The van der Waals surface area contributed by atoms with Gasteiger partial charge in [-0.2, -0.15) is 4.68 Å². The van der Waals surface area contributed by atoms with Crippen molar-refractivity contribution in [3.05, 3.63) is 29.3 Å². The Labute approximate surface area is 153 Å². The van der Waals surface area contributed by atoms with Crippen LogP contribution in [-0.2, 0) is 4.79 Å². The quantitative estimate of drug-likeness (QED) is 0.785. The lowest BCUT2D eigenvalue weighted by atomic mass is 10.1. The third kappa shape index (κ3) is 4.21. The van der Waals surface area contributed by atoms with Crippen LogP contribution >= 0.6 is 11.8 Å². The highest BCUT2D eigenvalue weighted by Crippen LogP contribution is 2.25. The standard InChI is InChI=1S/C18H25N5OS/c1-13-8-9-16(12-14(13)2)23-18(19-20-21-23)25-15(3)17(24)22-10-6-4-5-7-11-22/h8-9,12,15H,4-7,10-11H2,1-3H3/t15-/m0/s1. The molecule has 0 radical (unpaired) electrons. The monoisotopic (exact) mass is 359 g/mol. The van der Waals surface area contributed by atoms with Crippen LogP contribution in [0.3, 0.4) is 0 Å². The molecule has 1 aromatic heterocycles. The maximum atomic E-state index is 12.8. The van der Waals surface area contributed by atoms with Crippen LogP contribution in [0.4, 0.5) is 0 Å². The maximum absolute atomic E-state index is 12.8. The van der Waals surface area contributed by atoms with Gasteiger partial charge in [0.1, 0.15) is 0 Å². The van der Waals surface area contributed by atoms with Crippen LogP contribution in [0.15, 0.2) is 23.4 Å². The third-order valence-corrected chi connectivity index (χ3v) is 5.74. The molecule has 25 heavy (non-hydrogen) atoms. The fourth-order valence-electron chi connectivity index (χ4n) is 3.03. The van der Waals surface area contributed by atoms with Gasteiger partial charge in [0.25, 0.3) is 0 Å². The maximum Gasteiger partial charge on any atom is 0.235 e. The summed E-state index contributed by atoms with van der Waals surface area (Å²) in [4.78, 5) is 14.7. The topological polar surface area (TPSA) is 63.9 Å². The number of rotatable bonds is 4. The van der Waals surface area contributed by atoms with Crippen molar-refractivity contribution in [2.45, 2.75) is 56.9 Å². The number of tetrazole rings is 1. The molecule has 0 spiro atoms. The number of carbonyl (C=O) groups excluding carboxylic acids is 1. The number of benzene rings is 1. The fourth-order valence-corrected chi connectivity index (χ4v) is 3.92. The molecule has 1 fully saturated rings. The number of hydrogen-bond acceptors (Lipinski definition) is 5. The normalized spacial score (nSPS) is 16.5. The predicted molar refractivity (Wildman–Crippen MR) is 99.0 cm³/mol. The summed E-state index contributed by atoms with van der Waals surface area (Å²) in [6, 6.07) is 6.13. The van der Waals surface area contributed by atoms with Gasteiger partial charge in [0.2, 0.25) is 11.1 Å². The zero-order valence-electron chi connectivity index (χ0n) is 15.1. The van der Waals surface area contributed by atoms with Crippen molar-refractivity contribution in [2.75, 3.05) is 13.1 Å². The van der Waals surface area contributed by atoms with Gasteiger partial charge in [0.15, 0.2) is 0 Å². The van der Waals surface area contributed by atoms with E-state index in [9.17, 15) is 4.79 Å². The summed E-state index contributed by atoms with van der Waals surface area (Å²) in [5, 5.41) is 12.5. The lowest BCUT2D eigenvalue weighted by molar-refractivity contribution is -0.130. The first-order chi connectivity index (χ1) is 12.1. The summed E-state index contributed by atoms with van der Waals surface area (Å²) < 4.78 is 1.71. The third-order valence-electron chi connectivity index (χ3n) is 4.72. The number of hydrogen-bond donors (Lipinski definition) is 0. The predicted octanol–water partition coefficient (Wildman–Crippen LogP) is 3.16. The molecule has 0 saturated carbocycles. The average Bonchev–Trinajstić information content (AvgIpc) is 2.89. The molecule has 0 unspecified atom stereocenters. The second-order valence-corrected chi connectivity index (χ2v) is 7.95. The summed E-state index contributed by atoms with van der Waals surface area (Å²) in [6.45, 7) is 7.83. The minimum absolute atomic E-state index is 0.182. The lowest BCUT2D eigenvalue weighted by Crippen LogP contribution is -2.37. The summed E-state index contributed by atoms with van der Waals surface area (Å²) in [7, 11) is 0. The second-order valence-electron chi connectivity index (χ2n) is 6.64. The minimum atomic E-state index is -0.200. The van der Waals surface area contributed by atoms with E-state index in [0.717, 1.165) is 31.6 Å². The molecule has 3 rings (SSSR count). The van der Waals surface area contributed by atoms with E-state index >= 15 is 0 Å². The van der Waals surface area contributed by atoms with E-state index in [1.54, 1.807) is 4.68 Å². The second kappa shape index (κ2) is 7.99. The number of aryl methyl sites for hydroxylation is 2. The van der Waals surface area contributed by atoms with Crippen LogP contribution in [0.1, 0.15) is 43.7 Å². The molecule has 1 atom stereocenters. The van der Waals surface area contributed by atoms with Crippen molar-refractivity contribution in [3.8, 4) is 5.69 Å². The van der Waals surface area contributed by atoms with Crippen LogP contribution in [0.25, 0.3) is 5.69 Å². The number of carbonyl (C=O) groups is 1. The van der Waals surface area contributed by atoms with Gasteiger partial charge in [-0.05, 0) is 67.3 Å². The molecule has 134 valence electrons. The Hall–Kier alpha value is -1.89. The van der Waals surface area contributed by atoms with Crippen molar-refractivity contribution >= 4 is 17.7 Å². The van der Waals surface area contributed by atoms with E-state index < -0.39 is 0 Å². The molecular weight excluding hydrogens is 334 g/mol. The Morgan fingerprint density at radius 2 is 1.84 bits per heavy atom. The SMILES string of the molecule is Cc1ccc(-n2nnnc2S[C@@H](C)C(=O)N2CCCCCC2)cc1C. The first-order valence-electron chi connectivity index (χ1n) is 8.87. The molecule has 1 saturated heterocycles. The number of likely N-dealkylation sites (tertiary alicyclic amines) is 1. The van der Waals surface area contributed by atoms with Crippen LogP contribution in [0.2, 0.25) is 0 Å². The molecule has 1 aliphatic rings. The molecule has 0 bridgehead atoms. The number of aromatic nitrogens is 4.